The normalized spacial score (nSPS) is 20.5. The van der Waals surface area contributed by atoms with Gasteiger partial charge in [-0.15, -0.1) is 0 Å². The fourth-order valence-corrected chi connectivity index (χ4v) is 6.81. The van der Waals surface area contributed by atoms with Gasteiger partial charge in [-0.3, -0.25) is 34.0 Å². The molecule has 0 saturated carbocycles. The lowest BCUT2D eigenvalue weighted by Gasteiger charge is -2.36. The third kappa shape index (κ3) is 13.5. The van der Waals surface area contributed by atoms with Crippen molar-refractivity contribution in [1.82, 2.24) is 26.2 Å². The van der Waals surface area contributed by atoms with Crippen molar-refractivity contribution < 1.29 is 43.7 Å². The number of hydrogen-bond donors (Lipinski definition) is 11. The Morgan fingerprint density at radius 1 is 0.947 bits per heavy atom. The van der Waals surface area contributed by atoms with E-state index >= 15 is 0 Å². The number of amides is 5. The zero-order chi connectivity index (χ0) is 42.3. The molecule has 316 valence electrons. The summed E-state index contributed by atoms with van der Waals surface area (Å²) in [5.41, 5.74) is 26.4. The average Bonchev–Trinajstić information content (AvgIpc) is 3.81. The first-order valence-electron chi connectivity index (χ1n) is 18.9. The molecule has 6 atom stereocenters. The summed E-state index contributed by atoms with van der Waals surface area (Å²) < 4.78 is 6.00. The van der Waals surface area contributed by atoms with Gasteiger partial charge in [0.1, 0.15) is 30.0 Å². The Morgan fingerprint density at radius 3 is 2.18 bits per heavy atom. The lowest BCUT2D eigenvalue weighted by atomic mass is 9.85. The first kappa shape index (κ1) is 45.7. The van der Waals surface area contributed by atoms with Gasteiger partial charge < -0.3 is 69.8 Å². The molecule has 3 rings (SSSR count). The second-order valence-electron chi connectivity index (χ2n) is 14.6. The van der Waals surface area contributed by atoms with Gasteiger partial charge in [-0.25, -0.2) is 4.79 Å². The van der Waals surface area contributed by atoms with E-state index < -0.39 is 77.9 Å². The first-order chi connectivity index (χ1) is 26.9. The van der Waals surface area contributed by atoms with Crippen LogP contribution in [-0.4, -0.2) is 125 Å². The molecule has 1 aromatic carbocycles. The molecule has 1 aromatic rings. The number of rotatable bonds is 21. The second kappa shape index (κ2) is 21.6. The summed E-state index contributed by atoms with van der Waals surface area (Å²) in [5, 5.41) is 30.0. The van der Waals surface area contributed by atoms with Crippen molar-refractivity contribution in [3.63, 3.8) is 0 Å². The minimum absolute atomic E-state index is 0.0182. The molecular weight excluding hydrogens is 744 g/mol. The van der Waals surface area contributed by atoms with Gasteiger partial charge >= 0.3 is 5.97 Å². The van der Waals surface area contributed by atoms with Crippen molar-refractivity contribution in [1.29, 1.82) is 0 Å². The molecule has 0 unspecified atom stereocenters. The van der Waals surface area contributed by atoms with Crippen molar-refractivity contribution in [3.05, 3.63) is 29.8 Å². The Kier molecular flexibility index (Phi) is 17.3. The quantitative estimate of drug-likeness (QED) is 0.0344. The number of aliphatic carboxylic acids is 1. The molecule has 0 bridgehead atoms. The lowest BCUT2D eigenvalue weighted by molar-refractivity contribution is -0.144. The van der Waals surface area contributed by atoms with Crippen LogP contribution in [0.25, 0.3) is 0 Å². The fourth-order valence-electron chi connectivity index (χ4n) is 6.81. The molecule has 2 aliphatic heterocycles. The van der Waals surface area contributed by atoms with Crippen molar-refractivity contribution in [2.75, 3.05) is 32.8 Å². The topological polar surface area (TPSA) is 358 Å². The maximum Gasteiger partial charge on any atom is 0.326 e. The highest BCUT2D eigenvalue weighted by molar-refractivity contribution is 5.98. The summed E-state index contributed by atoms with van der Waals surface area (Å²) in [6, 6.07) is 1.50. The Bertz CT molecular complexity index is 1630. The number of carbonyl (C=O) groups is 6. The third-order valence-corrected chi connectivity index (χ3v) is 9.63. The van der Waals surface area contributed by atoms with E-state index in [1.165, 1.54) is 29.2 Å². The highest BCUT2D eigenvalue weighted by Crippen LogP contribution is 2.39. The molecule has 0 aromatic heterocycles. The van der Waals surface area contributed by atoms with Crippen LogP contribution in [-0.2, 0) is 33.5 Å². The predicted octanol–water partition coefficient (Wildman–Crippen LogP) is -2.65. The largest absolute Gasteiger partial charge is 0.508 e. The molecule has 2 fully saturated rings. The number of nitrogens with one attached hydrogen (secondary N) is 4. The molecule has 57 heavy (non-hydrogen) atoms. The van der Waals surface area contributed by atoms with Crippen LogP contribution in [0.4, 0.5) is 0 Å². The Morgan fingerprint density at radius 2 is 1.58 bits per heavy atom. The van der Waals surface area contributed by atoms with E-state index in [9.17, 15) is 39.0 Å². The number of phenolic OH excluding ortho intramolecular Hbond substituents is 1. The maximum atomic E-state index is 14.3. The Labute approximate surface area is 330 Å². The minimum Gasteiger partial charge on any atom is -0.508 e. The first-order valence-corrected chi connectivity index (χ1v) is 18.9. The number of ether oxygens (including phenoxy) is 1. The summed E-state index contributed by atoms with van der Waals surface area (Å²) in [5.74, 6) is -4.92. The highest BCUT2D eigenvalue weighted by atomic mass is 16.5. The molecule has 5 amide bonds. The standard InChI is InChI=1S/C36H58N12O9/c1-20(2)18-25(32(54)55)45-27(50)19-44-33(56)36(13-17-57-28(36)21-9-11-22(49)12-10-21)47-30(52)26-8-5-16-48(26)31(53)24(7-4-15-43-35(40)41)46-29(51)23(37)6-3-14-42-34(38)39/h9-12,20,23-26,28,49H,3-8,13-19,37H2,1-2H3,(H,44,56)(H,45,50)(H,46,51)(H,47,52)(H,54,55)(H4,38,39,42)(H4,40,41,43)/t23-,24-,25-,26-,28+,36-/m0/s1. The van der Waals surface area contributed by atoms with E-state index in [1.807, 2.05) is 0 Å². The Hall–Kier alpha value is -5.70. The highest BCUT2D eigenvalue weighted by Gasteiger charge is 2.53. The van der Waals surface area contributed by atoms with Crippen LogP contribution in [0, 0.1) is 5.92 Å². The third-order valence-electron chi connectivity index (χ3n) is 9.63. The number of aliphatic imine (C=N–C) groups is 2. The minimum atomic E-state index is -1.80. The van der Waals surface area contributed by atoms with E-state index in [1.54, 1.807) is 13.8 Å². The number of nitrogens with zero attached hydrogens (tertiary/aromatic N) is 3. The summed E-state index contributed by atoms with van der Waals surface area (Å²) in [6.07, 6.45) is 0.740. The number of carbonyl (C=O) groups excluding carboxylic acids is 5. The van der Waals surface area contributed by atoms with Crippen molar-refractivity contribution in [3.8, 4) is 5.75 Å². The monoisotopic (exact) mass is 802 g/mol. The summed E-state index contributed by atoms with van der Waals surface area (Å²) in [6.45, 7) is 3.61. The molecule has 2 aliphatic rings. The molecule has 0 aliphatic carbocycles. The number of hydrogen-bond acceptors (Lipinski definition) is 11. The molecule has 2 heterocycles. The smallest absolute Gasteiger partial charge is 0.326 e. The number of likely N-dealkylation sites (tertiary alicyclic amines) is 1. The maximum absolute atomic E-state index is 14.3. The van der Waals surface area contributed by atoms with Crippen LogP contribution in [0.5, 0.6) is 5.75 Å². The number of guanidine groups is 2. The number of benzene rings is 1. The average molecular weight is 803 g/mol. The number of phenols is 1. The zero-order valence-electron chi connectivity index (χ0n) is 32.4. The molecule has 21 heteroatoms. The van der Waals surface area contributed by atoms with E-state index in [-0.39, 0.29) is 81.9 Å². The van der Waals surface area contributed by atoms with Gasteiger partial charge in [0.15, 0.2) is 17.5 Å². The summed E-state index contributed by atoms with van der Waals surface area (Å²) in [4.78, 5) is 89.6. The van der Waals surface area contributed by atoms with Crippen LogP contribution in [0.3, 0.4) is 0 Å². The van der Waals surface area contributed by atoms with Gasteiger partial charge in [0.25, 0.3) is 0 Å². The SMILES string of the molecule is CC(C)C[C@H](NC(=O)CNC(=O)[C@]1(NC(=O)[C@@H]2CCCN2C(=O)[C@H](CCCN=C(N)N)NC(=O)[C@@H](N)CCCN=C(N)N)CCO[C@@H]1c1ccc(O)cc1)C(=O)O. The number of carboxylic acid groups (broad SMARTS) is 1. The van der Waals surface area contributed by atoms with Gasteiger partial charge in [-0.1, -0.05) is 26.0 Å². The molecule has 0 radical (unpaired) electrons. The summed E-state index contributed by atoms with van der Waals surface area (Å²) in [7, 11) is 0. The van der Waals surface area contributed by atoms with Gasteiger partial charge in [0, 0.05) is 26.1 Å². The predicted molar refractivity (Wildman–Crippen MR) is 209 cm³/mol. The van der Waals surface area contributed by atoms with Crippen molar-refractivity contribution in [2.24, 2.45) is 44.6 Å². The van der Waals surface area contributed by atoms with Crippen LogP contribution < -0.4 is 49.9 Å². The lowest BCUT2D eigenvalue weighted by Crippen LogP contribution is -2.64. The van der Waals surface area contributed by atoms with E-state index in [0.29, 0.717) is 24.8 Å². The van der Waals surface area contributed by atoms with E-state index in [0.717, 1.165) is 0 Å². The van der Waals surface area contributed by atoms with Crippen LogP contribution >= 0.6 is 0 Å². The number of carboxylic acids is 1. The van der Waals surface area contributed by atoms with Gasteiger partial charge in [0.05, 0.1) is 19.2 Å². The van der Waals surface area contributed by atoms with Crippen LogP contribution in [0.15, 0.2) is 34.3 Å². The molecule has 16 N–H and O–H groups in total. The molecule has 2 saturated heterocycles. The molecule has 0 spiro atoms. The number of aromatic hydroxyl groups is 1. The fraction of sp³-hybridized carbons (Fsp3) is 0.611. The summed E-state index contributed by atoms with van der Waals surface area (Å²) >= 11 is 0. The zero-order valence-corrected chi connectivity index (χ0v) is 32.4. The van der Waals surface area contributed by atoms with Crippen molar-refractivity contribution in [2.45, 2.75) is 101 Å². The van der Waals surface area contributed by atoms with Gasteiger partial charge in [0.2, 0.25) is 29.5 Å². The molecular formula is C36H58N12O9. The van der Waals surface area contributed by atoms with Crippen LogP contribution in [0.1, 0.15) is 76.9 Å². The van der Waals surface area contributed by atoms with E-state index in [2.05, 4.69) is 31.3 Å². The van der Waals surface area contributed by atoms with Gasteiger partial charge in [-0.05, 0) is 68.6 Å². The van der Waals surface area contributed by atoms with Gasteiger partial charge in [-0.2, -0.15) is 0 Å². The van der Waals surface area contributed by atoms with E-state index in [4.69, 9.17) is 33.4 Å². The van der Waals surface area contributed by atoms with Crippen LogP contribution in [0.2, 0.25) is 0 Å². The Balaban J connectivity index is 1.85. The second-order valence-corrected chi connectivity index (χ2v) is 14.6. The number of nitrogens with two attached hydrogens (primary N) is 5. The van der Waals surface area contributed by atoms with Crippen molar-refractivity contribution >= 4 is 47.4 Å². The molecule has 21 nitrogen and oxygen atoms in total.